The molecular weight excluding hydrogens is 316 g/mol. The maximum Gasteiger partial charge on any atom is 0.343 e. The van der Waals surface area contributed by atoms with Gasteiger partial charge in [0, 0.05) is 5.02 Å². The minimum absolute atomic E-state index is 0.255. The molecule has 0 aliphatic heterocycles. The van der Waals surface area contributed by atoms with Crippen LogP contribution < -0.4 is 4.74 Å². The summed E-state index contributed by atoms with van der Waals surface area (Å²) in [5.41, 5.74) is 0.717. The molecule has 2 aromatic carbocycles. The number of carbonyl (C=O) groups is 2. The van der Waals surface area contributed by atoms with Crippen LogP contribution in [0, 0.1) is 5.92 Å². The Labute approximate surface area is 140 Å². The fourth-order valence-electron chi connectivity index (χ4n) is 1.76. The first-order chi connectivity index (χ1) is 11.0. The van der Waals surface area contributed by atoms with Crippen LogP contribution in [0.4, 0.5) is 0 Å². The highest BCUT2D eigenvalue weighted by molar-refractivity contribution is 6.30. The molecule has 5 heteroatoms. The number of benzene rings is 2. The molecule has 4 nitrogen and oxygen atoms in total. The Morgan fingerprint density at radius 1 is 1.00 bits per heavy atom. The van der Waals surface area contributed by atoms with Crippen LogP contribution in [0.5, 0.6) is 5.75 Å². The highest BCUT2D eigenvalue weighted by Gasteiger charge is 2.12. The number of hydrogen-bond donors (Lipinski definition) is 0. The normalized spacial score (nSPS) is 10.4. The molecule has 23 heavy (non-hydrogen) atoms. The number of carbonyl (C=O) groups excluding carboxylic acids is 2. The summed E-state index contributed by atoms with van der Waals surface area (Å²) in [6.45, 7) is 4.25. The van der Waals surface area contributed by atoms with Crippen molar-refractivity contribution in [2.24, 2.45) is 5.92 Å². The van der Waals surface area contributed by atoms with Crippen LogP contribution in [-0.2, 0) is 4.74 Å². The van der Waals surface area contributed by atoms with Crippen molar-refractivity contribution in [3.8, 4) is 5.75 Å². The first-order valence-electron chi connectivity index (χ1n) is 7.20. The standard InChI is InChI=1S/C18H17ClO4/c1-12(2)11-22-17(20)14-4-3-5-16(10-14)23-18(21)13-6-8-15(19)9-7-13/h3-10,12H,11H2,1-2H3. The number of rotatable bonds is 5. The van der Waals surface area contributed by atoms with E-state index in [1.54, 1.807) is 42.5 Å². The molecule has 0 heterocycles. The van der Waals surface area contributed by atoms with Gasteiger partial charge >= 0.3 is 11.9 Å². The third-order valence-corrected chi connectivity index (χ3v) is 3.16. The molecule has 0 atom stereocenters. The summed E-state index contributed by atoms with van der Waals surface area (Å²) in [7, 11) is 0. The fourth-order valence-corrected chi connectivity index (χ4v) is 1.89. The largest absolute Gasteiger partial charge is 0.462 e. The predicted octanol–water partition coefficient (Wildman–Crippen LogP) is 4.37. The molecule has 0 N–H and O–H groups in total. The molecule has 0 saturated heterocycles. The first-order valence-corrected chi connectivity index (χ1v) is 7.58. The number of hydrogen-bond acceptors (Lipinski definition) is 4. The van der Waals surface area contributed by atoms with Crippen LogP contribution in [0.3, 0.4) is 0 Å². The summed E-state index contributed by atoms with van der Waals surface area (Å²) in [5.74, 6) is -0.425. The van der Waals surface area contributed by atoms with Gasteiger partial charge in [0.05, 0.1) is 17.7 Å². The second-order valence-corrected chi connectivity index (χ2v) is 5.85. The van der Waals surface area contributed by atoms with E-state index in [1.807, 2.05) is 13.8 Å². The molecule has 0 radical (unpaired) electrons. The second kappa shape index (κ2) is 7.79. The average Bonchev–Trinajstić information content (AvgIpc) is 2.53. The van der Waals surface area contributed by atoms with E-state index in [-0.39, 0.29) is 11.7 Å². The highest BCUT2D eigenvalue weighted by atomic mass is 35.5. The van der Waals surface area contributed by atoms with E-state index in [9.17, 15) is 9.59 Å². The summed E-state index contributed by atoms with van der Waals surface area (Å²) in [4.78, 5) is 24.0. The summed E-state index contributed by atoms with van der Waals surface area (Å²) < 4.78 is 10.4. The van der Waals surface area contributed by atoms with Crippen molar-refractivity contribution in [2.75, 3.05) is 6.61 Å². The lowest BCUT2D eigenvalue weighted by Gasteiger charge is -2.09. The van der Waals surface area contributed by atoms with Crippen molar-refractivity contribution in [3.05, 3.63) is 64.7 Å². The van der Waals surface area contributed by atoms with Gasteiger partial charge in [-0.15, -0.1) is 0 Å². The number of esters is 2. The van der Waals surface area contributed by atoms with Crippen LogP contribution in [-0.4, -0.2) is 18.5 Å². The molecule has 0 saturated carbocycles. The zero-order valence-electron chi connectivity index (χ0n) is 12.9. The van der Waals surface area contributed by atoms with Crippen LogP contribution in [0.15, 0.2) is 48.5 Å². The maximum atomic E-state index is 12.0. The van der Waals surface area contributed by atoms with E-state index < -0.39 is 11.9 Å². The summed E-state index contributed by atoms with van der Waals surface area (Å²) >= 11 is 5.78. The predicted molar refractivity (Wildman–Crippen MR) is 88.0 cm³/mol. The lowest BCUT2D eigenvalue weighted by Crippen LogP contribution is -2.11. The zero-order chi connectivity index (χ0) is 16.8. The Kier molecular flexibility index (Phi) is 5.77. The molecule has 0 amide bonds. The van der Waals surface area contributed by atoms with Gasteiger partial charge in [0.25, 0.3) is 0 Å². The minimum Gasteiger partial charge on any atom is -0.462 e. The van der Waals surface area contributed by atoms with Gasteiger partial charge in [0.2, 0.25) is 0 Å². The molecule has 0 fully saturated rings. The average molecular weight is 333 g/mol. The van der Waals surface area contributed by atoms with Gasteiger partial charge in [-0.05, 0) is 48.4 Å². The SMILES string of the molecule is CC(C)COC(=O)c1cccc(OC(=O)c2ccc(Cl)cc2)c1. The van der Waals surface area contributed by atoms with Crippen molar-refractivity contribution in [1.82, 2.24) is 0 Å². The third kappa shape index (κ3) is 5.11. The molecule has 120 valence electrons. The number of ether oxygens (including phenoxy) is 2. The topological polar surface area (TPSA) is 52.6 Å². The first kappa shape index (κ1) is 17.0. The number of halogens is 1. The summed E-state index contributed by atoms with van der Waals surface area (Å²) in [5, 5.41) is 0.538. The highest BCUT2D eigenvalue weighted by Crippen LogP contribution is 2.17. The Bertz CT molecular complexity index is 692. The van der Waals surface area contributed by atoms with Gasteiger partial charge in [-0.1, -0.05) is 31.5 Å². The van der Waals surface area contributed by atoms with Crippen molar-refractivity contribution >= 4 is 23.5 Å². The van der Waals surface area contributed by atoms with Crippen LogP contribution in [0.25, 0.3) is 0 Å². The third-order valence-electron chi connectivity index (χ3n) is 2.91. The van der Waals surface area contributed by atoms with Gasteiger partial charge in [-0.25, -0.2) is 9.59 Å². The molecular formula is C18H17ClO4. The molecule has 0 aliphatic rings. The van der Waals surface area contributed by atoms with Gasteiger partial charge in [-0.3, -0.25) is 0 Å². The van der Waals surface area contributed by atoms with E-state index in [0.717, 1.165) is 0 Å². The molecule has 0 unspecified atom stereocenters. The van der Waals surface area contributed by atoms with E-state index in [0.29, 0.717) is 22.8 Å². The Hall–Kier alpha value is -2.33. The Morgan fingerprint density at radius 3 is 2.35 bits per heavy atom. The molecule has 0 spiro atoms. The summed E-state index contributed by atoms with van der Waals surface area (Å²) in [6.07, 6.45) is 0. The molecule has 0 aromatic heterocycles. The molecule has 2 rings (SSSR count). The maximum absolute atomic E-state index is 12.0. The molecule has 2 aromatic rings. The van der Waals surface area contributed by atoms with Gasteiger partial charge in [0.1, 0.15) is 5.75 Å². The second-order valence-electron chi connectivity index (χ2n) is 5.42. The van der Waals surface area contributed by atoms with Gasteiger partial charge in [0.15, 0.2) is 0 Å². The zero-order valence-corrected chi connectivity index (χ0v) is 13.7. The summed E-state index contributed by atoms with van der Waals surface area (Å²) in [6, 6.07) is 12.7. The van der Waals surface area contributed by atoms with E-state index in [4.69, 9.17) is 21.1 Å². The van der Waals surface area contributed by atoms with E-state index >= 15 is 0 Å². The quantitative estimate of drug-likeness (QED) is 0.602. The van der Waals surface area contributed by atoms with Crippen LogP contribution in [0.2, 0.25) is 5.02 Å². The van der Waals surface area contributed by atoms with Crippen molar-refractivity contribution in [2.45, 2.75) is 13.8 Å². The van der Waals surface area contributed by atoms with E-state index in [1.165, 1.54) is 6.07 Å². The smallest absolute Gasteiger partial charge is 0.343 e. The van der Waals surface area contributed by atoms with Crippen molar-refractivity contribution in [3.63, 3.8) is 0 Å². The Morgan fingerprint density at radius 2 is 1.70 bits per heavy atom. The Balaban J connectivity index is 2.06. The van der Waals surface area contributed by atoms with E-state index in [2.05, 4.69) is 0 Å². The lowest BCUT2D eigenvalue weighted by atomic mass is 10.2. The monoisotopic (exact) mass is 332 g/mol. The van der Waals surface area contributed by atoms with Crippen molar-refractivity contribution in [1.29, 1.82) is 0 Å². The minimum atomic E-state index is -0.519. The van der Waals surface area contributed by atoms with Crippen LogP contribution >= 0.6 is 11.6 Å². The van der Waals surface area contributed by atoms with Gasteiger partial charge in [-0.2, -0.15) is 0 Å². The fraction of sp³-hybridized carbons (Fsp3) is 0.222. The van der Waals surface area contributed by atoms with Gasteiger partial charge < -0.3 is 9.47 Å². The molecule has 0 bridgehead atoms. The lowest BCUT2D eigenvalue weighted by molar-refractivity contribution is 0.0457. The molecule has 0 aliphatic carbocycles. The van der Waals surface area contributed by atoms with Crippen molar-refractivity contribution < 1.29 is 19.1 Å². The van der Waals surface area contributed by atoms with Crippen LogP contribution in [0.1, 0.15) is 34.6 Å².